The minimum atomic E-state index is -0.842. The Balaban J connectivity index is 2.51. The van der Waals surface area contributed by atoms with Crippen LogP contribution in [0.15, 0.2) is 18.2 Å². The highest BCUT2D eigenvalue weighted by atomic mass is 19.1. The summed E-state index contributed by atoms with van der Waals surface area (Å²) in [6, 6.07) is 3.36. The lowest BCUT2D eigenvalue weighted by molar-refractivity contribution is 0.0675. The molecule has 1 atom stereocenters. The lowest BCUT2D eigenvalue weighted by atomic mass is 10.1. The van der Waals surface area contributed by atoms with Crippen LogP contribution in [-0.4, -0.2) is 19.0 Å². The molecule has 0 aliphatic rings. The number of halogens is 2. The van der Waals surface area contributed by atoms with E-state index in [1.807, 2.05) is 6.92 Å². The fourth-order valence-electron chi connectivity index (χ4n) is 1.77. The molecule has 2 nitrogen and oxygen atoms in total. The molecule has 0 radical (unpaired) electrons. The predicted molar refractivity (Wildman–Crippen MR) is 65.6 cm³/mol. The molecule has 4 heteroatoms. The highest BCUT2D eigenvalue weighted by Crippen LogP contribution is 2.13. The highest BCUT2D eigenvalue weighted by Gasteiger charge is 2.17. The number of rotatable bonds is 7. The summed E-state index contributed by atoms with van der Waals surface area (Å²) in [6.07, 6.45) is 2.04. The Bertz CT molecular complexity index is 385. The lowest BCUT2D eigenvalue weighted by Crippen LogP contribution is -2.16. The van der Waals surface area contributed by atoms with Crippen LogP contribution >= 0.6 is 0 Å². The second kappa shape index (κ2) is 7.21. The van der Waals surface area contributed by atoms with Crippen molar-refractivity contribution in [3.63, 3.8) is 0 Å². The van der Waals surface area contributed by atoms with Gasteiger partial charge in [-0.05, 0) is 24.5 Å². The number of carbonyl (C=O) groups is 1. The first-order chi connectivity index (χ1) is 8.56. The van der Waals surface area contributed by atoms with Gasteiger partial charge in [-0.3, -0.25) is 4.79 Å². The molecule has 1 aromatic carbocycles. The van der Waals surface area contributed by atoms with Gasteiger partial charge in [0.05, 0.1) is 5.56 Å². The summed E-state index contributed by atoms with van der Waals surface area (Å²) in [5.41, 5.74) is -0.513. The van der Waals surface area contributed by atoms with Crippen LogP contribution in [0.5, 0.6) is 0 Å². The van der Waals surface area contributed by atoms with Crippen LogP contribution in [0.3, 0.4) is 0 Å². The van der Waals surface area contributed by atoms with E-state index in [2.05, 4.69) is 6.92 Å². The molecule has 0 N–H and O–H groups in total. The van der Waals surface area contributed by atoms with E-state index < -0.39 is 23.0 Å². The van der Waals surface area contributed by atoms with Crippen LogP contribution in [0.2, 0.25) is 0 Å². The third-order valence-corrected chi connectivity index (χ3v) is 2.66. The van der Waals surface area contributed by atoms with Crippen molar-refractivity contribution in [1.29, 1.82) is 0 Å². The van der Waals surface area contributed by atoms with E-state index in [4.69, 9.17) is 4.74 Å². The monoisotopic (exact) mass is 256 g/mol. The molecule has 100 valence electrons. The van der Waals surface area contributed by atoms with Crippen molar-refractivity contribution in [3.8, 4) is 0 Å². The third kappa shape index (κ3) is 4.18. The van der Waals surface area contributed by atoms with Crippen molar-refractivity contribution in [2.45, 2.75) is 26.7 Å². The van der Waals surface area contributed by atoms with Crippen LogP contribution in [-0.2, 0) is 4.74 Å². The summed E-state index contributed by atoms with van der Waals surface area (Å²) in [5, 5.41) is 0. The summed E-state index contributed by atoms with van der Waals surface area (Å²) < 4.78 is 31.8. The van der Waals surface area contributed by atoms with Gasteiger partial charge in [0.2, 0.25) is 0 Å². The van der Waals surface area contributed by atoms with Crippen LogP contribution in [0.4, 0.5) is 8.78 Å². The van der Waals surface area contributed by atoms with E-state index in [1.165, 1.54) is 6.07 Å². The van der Waals surface area contributed by atoms with Crippen molar-refractivity contribution in [1.82, 2.24) is 0 Å². The van der Waals surface area contributed by atoms with Crippen molar-refractivity contribution in [3.05, 3.63) is 35.4 Å². The van der Waals surface area contributed by atoms with Gasteiger partial charge in [-0.25, -0.2) is 8.78 Å². The predicted octanol–water partition coefficient (Wildman–Crippen LogP) is 3.60. The maximum Gasteiger partial charge on any atom is 0.194 e. The third-order valence-electron chi connectivity index (χ3n) is 2.66. The van der Waals surface area contributed by atoms with Crippen LogP contribution in [0.1, 0.15) is 37.0 Å². The largest absolute Gasteiger partial charge is 0.373 e. The first-order valence-electron chi connectivity index (χ1n) is 6.11. The minimum absolute atomic E-state index is 0.286. The van der Waals surface area contributed by atoms with E-state index in [0.29, 0.717) is 12.5 Å². The molecule has 1 rings (SSSR count). The standard InChI is InChI=1S/C14H18F2O2/c1-3-5-10(2)8-18-9-13(17)14-11(15)6-4-7-12(14)16/h4,6-7,10H,3,5,8-9H2,1-2H3. The first kappa shape index (κ1) is 14.8. The summed E-state index contributed by atoms with van der Waals surface area (Å²) in [4.78, 5) is 11.6. The summed E-state index contributed by atoms with van der Waals surface area (Å²) in [6.45, 7) is 4.22. The van der Waals surface area contributed by atoms with E-state index in [-0.39, 0.29) is 6.61 Å². The second-order valence-corrected chi connectivity index (χ2v) is 4.43. The Kier molecular flexibility index (Phi) is 5.92. The van der Waals surface area contributed by atoms with Crippen LogP contribution < -0.4 is 0 Å². The van der Waals surface area contributed by atoms with Gasteiger partial charge in [-0.1, -0.05) is 26.3 Å². The molecule has 0 fully saturated rings. The topological polar surface area (TPSA) is 26.3 Å². The summed E-state index contributed by atoms with van der Waals surface area (Å²) >= 11 is 0. The quantitative estimate of drug-likeness (QED) is 0.697. The molecule has 0 aliphatic carbocycles. The van der Waals surface area contributed by atoms with Crippen LogP contribution in [0.25, 0.3) is 0 Å². The summed E-state index contributed by atoms with van der Waals surface area (Å²) in [5.74, 6) is -2.00. The van der Waals surface area contributed by atoms with Gasteiger partial charge < -0.3 is 4.74 Å². The number of ketones is 1. The molecule has 0 aliphatic heterocycles. The number of ether oxygens (including phenoxy) is 1. The van der Waals surface area contributed by atoms with Gasteiger partial charge >= 0.3 is 0 Å². The van der Waals surface area contributed by atoms with Crippen molar-refractivity contribution < 1.29 is 18.3 Å². The Hall–Kier alpha value is -1.29. The molecular weight excluding hydrogens is 238 g/mol. The highest BCUT2D eigenvalue weighted by molar-refractivity contribution is 5.97. The number of Topliss-reactive ketones (excluding diaryl/α,β-unsaturated/α-hetero) is 1. The molecular formula is C14H18F2O2. The maximum atomic E-state index is 13.3. The van der Waals surface area contributed by atoms with Gasteiger partial charge in [0.25, 0.3) is 0 Å². The molecule has 0 saturated carbocycles. The molecule has 0 bridgehead atoms. The van der Waals surface area contributed by atoms with Crippen molar-refractivity contribution in [2.75, 3.05) is 13.2 Å². The van der Waals surface area contributed by atoms with E-state index in [9.17, 15) is 13.6 Å². The zero-order valence-corrected chi connectivity index (χ0v) is 10.7. The molecule has 1 unspecified atom stereocenters. The number of carbonyl (C=O) groups excluding carboxylic acids is 1. The Labute approximate surface area is 106 Å². The van der Waals surface area contributed by atoms with E-state index >= 15 is 0 Å². The van der Waals surface area contributed by atoms with E-state index in [1.54, 1.807) is 0 Å². The second-order valence-electron chi connectivity index (χ2n) is 4.43. The zero-order valence-electron chi connectivity index (χ0n) is 10.7. The van der Waals surface area contributed by atoms with Gasteiger partial charge in [0.1, 0.15) is 18.2 Å². The number of hydrogen-bond donors (Lipinski definition) is 0. The molecule has 0 aromatic heterocycles. The fourth-order valence-corrected chi connectivity index (χ4v) is 1.77. The molecule has 0 heterocycles. The first-order valence-corrected chi connectivity index (χ1v) is 6.11. The van der Waals surface area contributed by atoms with Gasteiger partial charge in [0.15, 0.2) is 5.78 Å². The minimum Gasteiger partial charge on any atom is -0.373 e. The number of hydrogen-bond acceptors (Lipinski definition) is 2. The molecule has 0 amide bonds. The normalized spacial score (nSPS) is 12.4. The molecule has 1 aromatic rings. The van der Waals surface area contributed by atoms with Crippen molar-refractivity contribution >= 4 is 5.78 Å². The smallest absolute Gasteiger partial charge is 0.194 e. The number of benzene rings is 1. The Morgan fingerprint density at radius 2 is 1.94 bits per heavy atom. The average Bonchev–Trinajstić information content (AvgIpc) is 2.29. The summed E-state index contributed by atoms with van der Waals surface area (Å²) in [7, 11) is 0. The van der Waals surface area contributed by atoms with Crippen molar-refractivity contribution in [2.24, 2.45) is 5.92 Å². The van der Waals surface area contributed by atoms with Gasteiger partial charge in [-0.2, -0.15) is 0 Å². The van der Waals surface area contributed by atoms with Crippen LogP contribution in [0, 0.1) is 17.6 Å². The molecule has 18 heavy (non-hydrogen) atoms. The SMILES string of the molecule is CCCC(C)COCC(=O)c1c(F)cccc1F. The molecule has 0 spiro atoms. The maximum absolute atomic E-state index is 13.3. The average molecular weight is 256 g/mol. The fraction of sp³-hybridized carbons (Fsp3) is 0.500. The zero-order chi connectivity index (χ0) is 13.5. The van der Waals surface area contributed by atoms with E-state index in [0.717, 1.165) is 25.0 Å². The van der Waals surface area contributed by atoms with Gasteiger partial charge in [-0.15, -0.1) is 0 Å². The van der Waals surface area contributed by atoms with Gasteiger partial charge in [0, 0.05) is 6.61 Å². The lowest BCUT2D eigenvalue weighted by Gasteiger charge is -2.10. The Morgan fingerprint density at radius 1 is 1.33 bits per heavy atom. The molecule has 0 saturated heterocycles. The Morgan fingerprint density at radius 3 is 2.50 bits per heavy atom.